The van der Waals surface area contributed by atoms with Gasteiger partial charge in [0.05, 0.1) is 17.9 Å². The van der Waals surface area contributed by atoms with Crippen LogP contribution in [0, 0.1) is 13.8 Å². The molecule has 0 bridgehead atoms. The molecule has 2 rings (SSSR count). The lowest BCUT2D eigenvalue weighted by Crippen LogP contribution is -2.01. The molecule has 0 spiro atoms. The van der Waals surface area contributed by atoms with E-state index in [4.69, 9.17) is 0 Å². The first-order valence-electron chi connectivity index (χ1n) is 4.70. The van der Waals surface area contributed by atoms with Crippen LogP contribution >= 0.6 is 11.3 Å². The van der Waals surface area contributed by atoms with E-state index in [9.17, 15) is 0 Å². The molecule has 0 radical (unpaired) electrons. The first-order valence-corrected chi connectivity index (χ1v) is 5.52. The lowest BCUT2D eigenvalue weighted by molar-refractivity contribution is 0.923. The number of rotatable bonds is 3. The van der Waals surface area contributed by atoms with Crippen LogP contribution in [0.2, 0.25) is 0 Å². The summed E-state index contributed by atoms with van der Waals surface area (Å²) in [6.45, 7) is 4.75. The number of aromatic nitrogens is 3. The Morgan fingerprint density at radius 3 is 2.87 bits per heavy atom. The summed E-state index contributed by atoms with van der Waals surface area (Å²) in [6, 6.07) is 3.82. The highest BCUT2D eigenvalue weighted by atomic mass is 32.1. The minimum absolute atomic E-state index is 0.667. The summed E-state index contributed by atoms with van der Waals surface area (Å²) >= 11 is 1.66. The normalized spacial score (nSPS) is 10.3. The third-order valence-electron chi connectivity index (χ3n) is 2.08. The van der Waals surface area contributed by atoms with Crippen molar-refractivity contribution in [1.82, 2.24) is 15.2 Å². The molecule has 0 amide bonds. The standard InChI is InChI=1S/C10H12N4S/c1-7-8(2)15-10(13-7)11-6-9-4-3-5-12-14-9/h3-5H,6H2,1-2H3,(H,11,13). The quantitative estimate of drug-likeness (QED) is 0.861. The summed E-state index contributed by atoms with van der Waals surface area (Å²) in [7, 11) is 0. The molecule has 2 aromatic rings. The van der Waals surface area contributed by atoms with Gasteiger partial charge in [-0.3, -0.25) is 0 Å². The van der Waals surface area contributed by atoms with E-state index in [2.05, 4.69) is 27.4 Å². The lowest BCUT2D eigenvalue weighted by Gasteiger charge is -1.99. The van der Waals surface area contributed by atoms with Crippen molar-refractivity contribution in [1.29, 1.82) is 0 Å². The van der Waals surface area contributed by atoms with Gasteiger partial charge < -0.3 is 5.32 Å². The number of anilines is 1. The average Bonchev–Trinajstić information content (AvgIpc) is 2.57. The number of hydrogen-bond donors (Lipinski definition) is 1. The zero-order valence-electron chi connectivity index (χ0n) is 8.69. The monoisotopic (exact) mass is 220 g/mol. The Morgan fingerprint density at radius 2 is 2.27 bits per heavy atom. The van der Waals surface area contributed by atoms with Crippen LogP contribution in [0.3, 0.4) is 0 Å². The zero-order chi connectivity index (χ0) is 10.7. The molecule has 0 aromatic carbocycles. The third-order valence-corrected chi connectivity index (χ3v) is 3.11. The highest BCUT2D eigenvalue weighted by Gasteiger charge is 2.02. The fraction of sp³-hybridized carbons (Fsp3) is 0.300. The van der Waals surface area contributed by atoms with Crippen molar-refractivity contribution >= 4 is 16.5 Å². The second-order valence-corrected chi connectivity index (χ2v) is 4.43. The van der Waals surface area contributed by atoms with Gasteiger partial charge in [-0.1, -0.05) is 0 Å². The van der Waals surface area contributed by atoms with Crippen molar-refractivity contribution in [2.45, 2.75) is 20.4 Å². The van der Waals surface area contributed by atoms with Gasteiger partial charge in [-0.25, -0.2) is 4.98 Å². The summed E-state index contributed by atoms with van der Waals surface area (Å²) in [5.74, 6) is 0. The highest BCUT2D eigenvalue weighted by Crippen LogP contribution is 2.21. The van der Waals surface area contributed by atoms with E-state index in [1.807, 2.05) is 19.1 Å². The first kappa shape index (κ1) is 10.0. The largest absolute Gasteiger partial charge is 0.356 e. The van der Waals surface area contributed by atoms with E-state index in [1.54, 1.807) is 17.5 Å². The van der Waals surface area contributed by atoms with E-state index in [0.717, 1.165) is 16.5 Å². The maximum Gasteiger partial charge on any atom is 0.183 e. The predicted molar refractivity (Wildman–Crippen MR) is 60.9 cm³/mol. The number of aryl methyl sites for hydroxylation is 2. The van der Waals surface area contributed by atoms with E-state index in [1.165, 1.54) is 4.88 Å². The molecule has 2 aromatic heterocycles. The Labute approximate surface area is 92.4 Å². The molecule has 15 heavy (non-hydrogen) atoms. The number of nitrogens with zero attached hydrogens (tertiary/aromatic N) is 3. The van der Waals surface area contributed by atoms with Crippen LogP contribution in [0.1, 0.15) is 16.3 Å². The van der Waals surface area contributed by atoms with Gasteiger partial charge in [0.2, 0.25) is 0 Å². The Bertz CT molecular complexity index is 418. The highest BCUT2D eigenvalue weighted by molar-refractivity contribution is 7.15. The van der Waals surface area contributed by atoms with Gasteiger partial charge in [0, 0.05) is 11.1 Å². The number of hydrogen-bond acceptors (Lipinski definition) is 5. The van der Waals surface area contributed by atoms with Crippen molar-refractivity contribution in [3.63, 3.8) is 0 Å². The van der Waals surface area contributed by atoms with Crippen molar-refractivity contribution in [2.24, 2.45) is 0 Å². The van der Waals surface area contributed by atoms with Gasteiger partial charge in [0.25, 0.3) is 0 Å². The second-order valence-electron chi connectivity index (χ2n) is 3.23. The topological polar surface area (TPSA) is 50.7 Å². The third kappa shape index (κ3) is 2.50. The number of nitrogens with one attached hydrogen (secondary N) is 1. The molecule has 0 unspecified atom stereocenters. The first-order chi connectivity index (χ1) is 7.25. The van der Waals surface area contributed by atoms with E-state index in [-0.39, 0.29) is 0 Å². The van der Waals surface area contributed by atoms with Crippen LogP contribution in [0.4, 0.5) is 5.13 Å². The second kappa shape index (κ2) is 4.35. The van der Waals surface area contributed by atoms with E-state index < -0.39 is 0 Å². The van der Waals surface area contributed by atoms with Crippen molar-refractivity contribution in [2.75, 3.05) is 5.32 Å². The summed E-state index contributed by atoms with van der Waals surface area (Å²) in [4.78, 5) is 5.63. The van der Waals surface area contributed by atoms with Gasteiger partial charge in [-0.15, -0.1) is 11.3 Å². The molecule has 1 N–H and O–H groups in total. The Kier molecular flexibility index (Phi) is 2.91. The Hall–Kier alpha value is -1.49. The molecule has 0 aliphatic rings. The van der Waals surface area contributed by atoms with Crippen molar-refractivity contribution in [3.8, 4) is 0 Å². The number of thiazole rings is 1. The molecule has 78 valence electrons. The van der Waals surface area contributed by atoms with Gasteiger partial charge in [0.1, 0.15) is 0 Å². The van der Waals surface area contributed by atoms with Gasteiger partial charge in [-0.05, 0) is 26.0 Å². The summed E-state index contributed by atoms with van der Waals surface area (Å²) < 4.78 is 0. The molecule has 0 atom stereocenters. The van der Waals surface area contributed by atoms with Crippen molar-refractivity contribution < 1.29 is 0 Å². The maximum atomic E-state index is 4.38. The fourth-order valence-electron chi connectivity index (χ4n) is 1.14. The van der Waals surface area contributed by atoms with Crippen LogP contribution < -0.4 is 5.32 Å². The van der Waals surface area contributed by atoms with Crippen LogP contribution in [-0.2, 0) is 6.54 Å². The van der Waals surface area contributed by atoms with Crippen LogP contribution in [-0.4, -0.2) is 15.2 Å². The molecule has 0 fully saturated rings. The van der Waals surface area contributed by atoms with Gasteiger partial charge in [0.15, 0.2) is 5.13 Å². The molecule has 0 saturated carbocycles. The summed E-state index contributed by atoms with van der Waals surface area (Å²) in [6.07, 6.45) is 1.67. The minimum atomic E-state index is 0.667. The van der Waals surface area contributed by atoms with Gasteiger partial charge >= 0.3 is 0 Å². The predicted octanol–water partition coefficient (Wildman–Crippen LogP) is 2.16. The minimum Gasteiger partial charge on any atom is -0.356 e. The molecule has 5 heteroatoms. The molecule has 0 aliphatic heterocycles. The van der Waals surface area contributed by atoms with Gasteiger partial charge in [-0.2, -0.15) is 10.2 Å². The molecular weight excluding hydrogens is 208 g/mol. The SMILES string of the molecule is Cc1nc(NCc2cccnn2)sc1C. The van der Waals surface area contributed by atoms with E-state index in [0.29, 0.717) is 6.54 Å². The zero-order valence-corrected chi connectivity index (χ0v) is 9.51. The lowest BCUT2D eigenvalue weighted by atomic mass is 10.4. The Balaban J connectivity index is 1.99. The van der Waals surface area contributed by atoms with Crippen molar-refractivity contribution in [3.05, 3.63) is 34.6 Å². The van der Waals surface area contributed by atoms with E-state index >= 15 is 0 Å². The van der Waals surface area contributed by atoms with Crippen LogP contribution in [0.15, 0.2) is 18.3 Å². The molecule has 2 heterocycles. The Morgan fingerprint density at radius 1 is 1.40 bits per heavy atom. The van der Waals surface area contributed by atoms with Crippen LogP contribution in [0.5, 0.6) is 0 Å². The smallest absolute Gasteiger partial charge is 0.183 e. The molecule has 0 aliphatic carbocycles. The summed E-state index contributed by atoms with van der Waals surface area (Å²) in [5.41, 5.74) is 2.00. The molecule has 0 saturated heterocycles. The molecular formula is C10H12N4S. The molecule has 4 nitrogen and oxygen atoms in total. The maximum absolute atomic E-state index is 4.38. The van der Waals surface area contributed by atoms with Crippen LogP contribution in [0.25, 0.3) is 0 Å². The average molecular weight is 220 g/mol. The summed E-state index contributed by atoms with van der Waals surface area (Å²) in [5, 5.41) is 12.0. The fourth-order valence-corrected chi connectivity index (χ4v) is 1.95.